The van der Waals surface area contributed by atoms with E-state index in [2.05, 4.69) is 32.2 Å². The highest BCUT2D eigenvalue weighted by atomic mass is 32.1. The van der Waals surface area contributed by atoms with Gasteiger partial charge in [0.2, 0.25) is 0 Å². The predicted molar refractivity (Wildman–Crippen MR) is 63.3 cm³/mol. The van der Waals surface area contributed by atoms with Crippen LogP contribution < -0.4 is 5.32 Å². The molecule has 1 rings (SSSR count). The van der Waals surface area contributed by atoms with Crippen molar-refractivity contribution in [1.82, 2.24) is 5.32 Å². The summed E-state index contributed by atoms with van der Waals surface area (Å²) in [5.74, 6) is 0. The number of aryl methyl sites for hydroxylation is 2. The Bertz CT molecular complexity index is 312. The van der Waals surface area contributed by atoms with E-state index in [9.17, 15) is 5.11 Å². The normalized spacial score (nSPS) is 15.3. The van der Waals surface area contributed by atoms with Gasteiger partial charge in [0.25, 0.3) is 0 Å². The maximum atomic E-state index is 9.22. The average molecular weight is 229 g/mol. The molecule has 2 unspecified atom stereocenters. The first-order valence-electron chi connectivity index (χ1n) is 5.13. The van der Waals surface area contributed by atoms with E-state index in [-0.39, 0.29) is 12.6 Å². The quantitative estimate of drug-likeness (QED) is 0.715. The lowest BCUT2D eigenvalue weighted by Gasteiger charge is -2.15. The molecule has 1 heterocycles. The van der Waals surface area contributed by atoms with Gasteiger partial charge in [-0.15, -0.1) is 11.3 Å². The molecular formula is C11H19NO2S. The number of rotatable bonds is 5. The Labute approximate surface area is 94.8 Å². The van der Waals surface area contributed by atoms with Crippen LogP contribution in [0.5, 0.6) is 0 Å². The van der Waals surface area contributed by atoms with Crippen molar-refractivity contribution < 1.29 is 10.2 Å². The fourth-order valence-electron chi connectivity index (χ4n) is 1.57. The summed E-state index contributed by atoms with van der Waals surface area (Å²) in [6, 6.07) is 2.39. The smallest absolute Gasteiger partial charge is 0.0895 e. The monoisotopic (exact) mass is 229 g/mol. The Morgan fingerprint density at radius 2 is 2.13 bits per heavy atom. The topological polar surface area (TPSA) is 52.5 Å². The van der Waals surface area contributed by atoms with Crippen molar-refractivity contribution in [1.29, 1.82) is 0 Å². The summed E-state index contributed by atoms with van der Waals surface area (Å²) in [6.07, 6.45) is -0.674. The zero-order chi connectivity index (χ0) is 11.4. The molecule has 0 saturated carbocycles. The summed E-state index contributed by atoms with van der Waals surface area (Å²) in [5.41, 5.74) is 1.28. The number of nitrogens with one attached hydrogen (secondary N) is 1. The van der Waals surface area contributed by atoms with Crippen LogP contribution in [0.2, 0.25) is 0 Å². The molecule has 0 aromatic carbocycles. The maximum Gasteiger partial charge on any atom is 0.0895 e. The molecule has 0 aliphatic carbocycles. The molecule has 0 amide bonds. The highest BCUT2D eigenvalue weighted by molar-refractivity contribution is 7.12. The number of hydrogen-bond donors (Lipinski definition) is 3. The first-order valence-corrected chi connectivity index (χ1v) is 5.95. The highest BCUT2D eigenvalue weighted by Crippen LogP contribution is 2.25. The number of aliphatic hydroxyl groups excluding tert-OH is 2. The molecule has 0 fully saturated rings. The van der Waals surface area contributed by atoms with E-state index in [0.29, 0.717) is 6.54 Å². The fraction of sp³-hybridized carbons (Fsp3) is 0.636. The molecule has 3 nitrogen and oxygen atoms in total. The molecule has 1 aromatic heterocycles. The fourth-order valence-corrected chi connectivity index (χ4v) is 2.59. The minimum Gasteiger partial charge on any atom is -0.394 e. The zero-order valence-corrected chi connectivity index (χ0v) is 10.3. The zero-order valence-electron chi connectivity index (χ0n) is 9.45. The van der Waals surface area contributed by atoms with Crippen LogP contribution in [0, 0.1) is 13.8 Å². The largest absolute Gasteiger partial charge is 0.394 e. The van der Waals surface area contributed by atoms with Gasteiger partial charge < -0.3 is 15.5 Å². The minimum atomic E-state index is -0.674. The van der Waals surface area contributed by atoms with Crippen LogP contribution in [0.1, 0.15) is 28.3 Å². The van der Waals surface area contributed by atoms with Crippen LogP contribution in [-0.4, -0.2) is 29.5 Å². The van der Waals surface area contributed by atoms with Crippen LogP contribution >= 0.6 is 11.3 Å². The predicted octanol–water partition coefficient (Wildman–Crippen LogP) is 1.37. The average Bonchev–Trinajstić information content (AvgIpc) is 2.53. The molecule has 15 heavy (non-hydrogen) atoms. The lowest BCUT2D eigenvalue weighted by molar-refractivity contribution is 0.0924. The third-order valence-electron chi connectivity index (χ3n) is 2.42. The van der Waals surface area contributed by atoms with Crippen molar-refractivity contribution in [2.24, 2.45) is 0 Å². The van der Waals surface area contributed by atoms with Gasteiger partial charge >= 0.3 is 0 Å². The van der Waals surface area contributed by atoms with Crippen molar-refractivity contribution in [2.45, 2.75) is 32.9 Å². The van der Waals surface area contributed by atoms with Crippen LogP contribution in [0.3, 0.4) is 0 Å². The van der Waals surface area contributed by atoms with Crippen molar-refractivity contribution in [2.75, 3.05) is 13.2 Å². The van der Waals surface area contributed by atoms with E-state index in [1.165, 1.54) is 15.3 Å². The molecule has 3 N–H and O–H groups in total. The van der Waals surface area contributed by atoms with Crippen LogP contribution in [-0.2, 0) is 0 Å². The van der Waals surface area contributed by atoms with E-state index < -0.39 is 6.10 Å². The van der Waals surface area contributed by atoms with Crippen LogP contribution in [0.15, 0.2) is 6.07 Å². The van der Waals surface area contributed by atoms with Crippen LogP contribution in [0.4, 0.5) is 0 Å². The van der Waals surface area contributed by atoms with Gasteiger partial charge in [-0.05, 0) is 32.4 Å². The lowest BCUT2D eigenvalue weighted by atomic mass is 10.1. The Balaban J connectivity index is 2.53. The van der Waals surface area contributed by atoms with Gasteiger partial charge in [0.1, 0.15) is 0 Å². The van der Waals surface area contributed by atoms with E-state index in [0.717, 1.165) is 0 Å². The summed E-state index contributed by atoms with van der Waals surface area (Å²) in [7, 11) is 0. The summed E-state index contributed by atoms with van der Waals surface area (Å²) >= 11 is 1.79. The summed E-state index contributed by atoms with van der Waals surface area (Å²) in [6.45, 7) is 6.50. The van der Waals surface area contributed by atoms with Gasteiger partial charge in [-0.25, -0.2) is 0 Å². The number of aliphatic hydroxyl groups is 2. The second kappa shape index (κ2) is 5.61. The SMILES string of the molecule is Cc1cc(C(C)NCC(O)CO)c(C)s1. The molecular weight excluding hydrogens is 210 g/mol. The summed E-state index contributed by atoms with van der Waals surface area (Å²) in [4.78, 5) is 2.62. The summed E-state index contributed by atoms with van der Waals surface area (Å²) in [5, 5.41) is 21.1. The maximum absolute atomic E-state index is 9.22. The second-order valence-corrected chi connectivity index (χ2v) is 5.30. The molecule has 0 aliphatic rings. The van der Waals surface area contributed by atoms with E-state index in [4.69, 9.17) is 5.11 Å². The first kappa shape index (κ1) is 12.6. The molecule has 0 spiro atoms. The standard InChI is InChI=1S/C11H19NO2S/c1-7-4-11(9(3)15-7)8(2)12-5-10(14)6-13/h4,8,10,12-14H,5-6H2,1-3H3. The van der Waals surface area contributed by atoms with Gasteiger partial charge in [0.05, 0.1) is 12.7 Å². The molecule has 2 atom stereocenters. The number of thiophene rings is 1. The van der Waals surface area contributed by atoms with Gasteiger partial charge in [-0.1, -0.05) is 0 Å². The Morgan fingerprint density at radius 1 is 1.47 bits per heavy atom. The van der Waals surface area contributed by atoms with Crippen molar-refractivity contribution in [3.8, 4) is 0 Å². The van der Waals surface area contributed by atoms with Crippen LogP contribution in [0.25, 0.3) is 0 Å². The van der Waals surface area contributed by atoms with Crippen molar-refractivity contribution >= 4 is 11.3 Å². The third kappa shape index (κ3) is 3.57. The van der Waals surface area contributed by atoms with E-state index in [1.54, 1.807) is 11.3 Å². The minimum absolute atomic E-state index is 0.193. The Morgan fingerprint density at radius 3 is 2.60 bits per heavy atom. The molecule has 4 heteroatoms. The number of hydrogen-bond acceptors (Lipinski definition) is 4. The first-order chi connectivity index (χ1) is 7.04. The summed E-state index contributed by atoms with van der Waals surface area (Å²) < 4.78 is 0. The van der Waals surface area contributed by atoms with Gasteiger partial charge in [-0.3, -0.25) is 0 Å². The Kier molecular flexibility index (Phi) is 4.73. The lowest BCUT2D eigenvalue weighted by Crippen LogP contribution is -2.31. The molecule has 0 bridgehead atoms. The van der Waals surface area contributed by atoms with Crippen molar-refractivity contribution in [3.63, 3.8) is 0 Å². The molecule has 0 saturated heterocycles. The molecule has 86 valence electrons. The van der Waals surface area contributed by atoms with E-state index >= 15 is 0 Å². The molecule has 1 aromatic rings. The van der Waals surface area contributed by atoms with Crippen molar-refractivity contribution in [3.05, 3.63) is 21.4 Å². The Hall–Kier alpha value is -0.420. The third-order valence-corrected chi connectivity index (χ3v) is 3.40. The second-order valence-electron chi connectivity index (χ2n) is 3.83. The van der Waals surface area contributed by atoms with Gasteiger partial charge in [-0.2, -0.15) is 0 Å². The molecule has 0 aliphatic heterocycles. The van der Waals surface area contributed by atoms with E-state index in [1.807, 2.05) is 0 Å². The molecule has 0 radical (unpaired) electrons. The highest BCUT2D eigenvalue weighted by Gasteiger charge is 2.11. The van der Waals surface area contributed by atoms with Gasteiger partial charge in [0, 0.05) is 22.3 Å². The van der Waals surface area contributed by atoms with Gasteiger partial charge in [0.15, 0.2) is 0 Å².